The van der Waals surface area contributed by atoms with Gasteiger partial charge in [-0.05, 0) is 38.0 Å². The van der Waals surface area contributed by atoms with E-state index < -0.39 is 0 Å². The van der Waals surface area contributed by atoms with Crippen LogP contribution in [0.2, 0.25) is 0 Å². The highest BCUT2D eigenvalue weighted by Gasteiger charge is 2.34. The average molecular weight is 356 g/mol. The molecular weight excluding hydrogens is 330 g/mol. The maximum absolute atomic E-state index is 12.4. The van der Waals surface area contributed by atoms with Gasteiger partial charge in [-0.25, -0.2) is 0 Å². The van der Waals surface area contributed by atoms with Gasteiger partial charge < -0.3 is 10.1 Å². The highest BCUT2D eigenvalue weighted by molar-refractivity contribution is 7.99. The van der Waals surface area contributed by atoms with Gasteiger partial charge in [0.05, 0.1) is 11.8 Å². The molecule has 3 rings (SSSR count). The number of thioether (sulfide) groups is 1. The van der Waals surface area contributed by atoms with Crippen molar-refractivity contribution in [2.45, 2.75) is 44.6 Å². The number of nitrogens with one attached hydrogen (secondary N) is 1. The second-order valence-corrected chi connectivity index (χ2v) is 8.13. The van der Waals surface area contributed by atoms with Crippen LogP contribution in [0.4, 0.5) is 0 Å². The molecule has 0 aliphatic carbocycles. The molecule has 3 nitrogen and oxygen atoms in total. The van der Waals surface area contributed by atoms with Crippen LogP contribution in [-0.4, -0.2) is 17.3 Å². The van der Waals surface area contributed by atoms with Gasteiger partial charge in [-0.2, -0.15) is 0 Å². The van der Waals surface area contributed by atoms with E-state index in [1.165, 1.54) is 11.1 Å². The number of hydrogen-bond acceptors (Lipinski definition) is 3. The SMILES string of the molecule is Cc1ccccc1CSCC(=O)N[C@@H]1CC(C)(C)Oc2ccccc21. The lowest BCUT2D eigenvalue weighted by Gasteiger charge is -2.37. The lowest BCUT2D eigenvalue weighted by molar-refractivity contribution is -0.119. The Morgan fingerprint density at radius 3 is 2.72 bits per heavy atom. The molecule has 1 N–H and O–H groups in total. The summed E-state index contributed by atoms with van der Waals surface area (Å²) >= 11 is 1.66. The molecule has 1 heterocycles. The third-order valence-electron chi connectivity index (χ3n) is 4.46. The summed E-state index contributed by atoms with van der Waals surface area (Å²) in [6.07, 6.45) is 0.776. The second-order valence-electron chi connectivity index (χ2n) is 7.14. The summed E-state index contributed by atoms with van der Waals surface area (Å²) in [4.78, 5) is 12.4. The Balaban J connectivity index is 1.58. The molecule has 0 saturated carbocycles. The molecule has 25 heavy (non-hydrogen) atoms. The normalized spacial score (nSPS) is 18.1. The number of carbonyl (C=O) groups excluding carboxylic acids is 1. The Labute approximate surface area is 154 Å². The van der Waals surface area contributed by atoms with E-state index in [2.05, 4.69) is 38.2 Å². The van der Waals surface area contributed by atoms with Gasteiger partial charge in [-0.1, -0.05) is 42.5 Å². The molecular formula is C21H25NO2S. The number of carbonyl (C=O) groups is 1. The van der Waals surface area contributed by atoms with Gasteiger partial charge in [-0.15, -0.1) is 11.8 Å². The zero-order valence-corrected chi connectivity index (χ0v) is 15.9. The highest BCUT2D eigenvalue weighted by atomic mass is 32.2. The van der Waals surface area contributed by atoms with E-state index in [4.69, 9.17) is 4.74 Å². The van der Waals surface area contributed by atoms with Crippen LogP contribution >= 0.6 is 11.8 Å². The van der Waals surface area contributed by atoms with E-state index in [9.17, 15) is 4.79 Å². The number of para-hydroxylation sites is 1. The number of hydrogen-bond donors (Lipinski definition) is 1. The largest absolute Gasteiger partial charge is 0.487 e. The molecule has 0 radical (unpaired) electrons. The maximum atomic E-state index is 12.4. The van der Waals surface area contributed by atoms with Crippen LogP contribution in [0, 0.1) is 6.92 Å². The summed E-state index contributed by atoms with van der Waals surface area (Å²) < 4.78 is 6.03. The number of rotatable bonds is 5. The number of ether oxygens (including phenoxy) is 1. The molecule has 1 amide bonds. The minimum Gasteiger partial charge on any atom is -0.487 e. The molecule has 4 heteroatoms. The molecule has 0 aromatic heterocycles. The Bertz CT molecular complexity index is 757. The molecule has 0 saturated heterocycles. The van der Waals surface area contributed by atoms with Crippen molar-refractivity contribution in [1.29, 1.82) is 0 Å². The average Bonchev–Trinajstić information content (AvgIpc) is 2.55. The van der Waals surface area contributed by atoms with Crippen LogP contribution in [-0.2, 0) is 10.5 Å². The van der Waals surface area contributed by atoms with E-state index in [0.29, 0.717) is 5.75 Å². The number of benzene rings is 2. The Kier molecular flexibility index (Phi) is 5.38. The summed E-state index contributed by atoms with van der Waals surface area (Å²) in [6, 6.07) is 16.3. The maximum Gasteiger partial charge on any atom is 0.230 e. The van der Waals surface area contributed by atoms with E-state index in [1.54, 1.807) is 11.8 Å². The van der Waals surface area contributed by atoms with Crippen LogP contribution < -0.4 is 10.1 Å². The van der Waals surface area contributed by atoms with Gasteiger partial charge in [0.25, 0.3) is 0 Å². The number of aryl methyl sites for hydroxylation is 1. The van der Waals surface area contributed by atoms with Crippen LogP contribution in [0.1, 0.15) is 43.0 Å². The number of fused-ring (bicyclic) bond motifs is 1. The van der Waals surface area contributed by atoms with Crippen molar-refractivity contribution in [2.75, 3.05) is 5.75 Å². The first kappa shape index (κ1) is 17.9. The molecule has 0 bridgehead atoms. The molecule has 0 fully saturated rings. The molecule has 1 aliphatic rings. The first-order valence-electron chi connectivity index (χ1n) is 8.64. The van der Waals surface area contributed by atoms with Crippen molar-refractivity contribution in [2.24, 2.45) is 0 Å². The van der Waals surface area contributed by atoms with Gasteiger partial charge in [-0.3, -0.25) is 4.79 Å². The van der Waals surface area contributed by atoms with Crippen molar-refractivity contribution in [3.63, 3.8) is 0 Å². The standard InChI is InChI=1S/C21H25NO2S/c1-15-8-4-5-9-16(15)13-25-14-20(23)22-18-12-21(2,3)24-19-11-7-6-10-17(18)19/h4-11,18H,12-14H2,1-3H3,(H,22,23)/t18-/m1/s1. The van der Waals surface area contributed by atoms with Gasteiger partial charge in [0, 0.05) is 17.7 Å². The first-order chi connectivity index (χ1) is 11.9. The minimum absolute atomic E-state index is 0.00603. The minimum atomic E-state index is -0.277. The molecule has 0 unspecified atom stereocenters. The third kappa shape index (κ3) is 4.57. The van der Waals surface area contributed by atoms with Crippen molar-refractivity contribution in [3.8, 4) is 5.75 Å². The van der Waals surface area contributed by atoms with Crippen LogP contribution in [0.25, 0.3) is 0 Å². The van der Waals surface area contributed by atoms with Gasteiger partial charge in [0.2, 0.25) is 5.91 Å². The molecule has 0 spiro atoms. The van der Waals surface area contributed by atoms with Crippen molar-refractivity contribution in [1.82, 2.24) is 5.32 Å². The molecule has 1 aliphatic heterocycles. The Morgan fingerprint density at radius 2 is 1.92 bits per heavy atom. The van der Waals surface area contributed by atoms with E-state index in [0.717, 1.165) is 23.5 Å². The summed E-state index contributed by atoms with van der Waals surface area (Å²) in [5, 5.41) is 3.19. The smallest absolute Gasteiger partial charge is 0.230 e. The van der Waals surface area contributed by atoms with Gasteiger partial charge in [0.15, 0.2) is 0 Å². The summed E-state index contributed by atoms with van der Waals surface area (Å²) in [7, 11) is 0. The fourth-order valence-corrected chi connectivity index (χ4v) is 4.11. The fourth-order valence-electron chi connectivity index (χ4n) is 3.19. The highest BCUT2D eigenvalue weighted by Crippen LogP contribution is 2.39. The molecule has 132 valence electrons. The van der Waals surface area contributed by atoms with Crippen molar-refractivity contribution >= 4 is 17.7 Å². The first-order valence-corrected chi connectivity index (χ1v) is 9.80. The van der Waals surface area contributed by atoms with E-state index in [-0.39, 0.29) is 17.6 Å². The van der Waals surface area contributed by atoms with Crippen LogP contribution in [0.15, 0.2) is 48.5 Å². The van der Waals surface area contributed by atoms with E-state index in [1.807, 2.05) is 36.4 Å². The van der Waals surface area contributed by atoms with Gasteiger partial charge in [0.1, 0.15) is 11.4 Å². The lowest BCUT2D eigenvalue weighted by Crippen LogP contribution is -2.41. The zero-order valence-electron chi connectivity index (χ0n) is 15.0. The molecule has 1 atom stereocenters. The van der Waals surface area contributed by atoms with Crippen molar-refractivity contribution in [3.05, 3.63) is 65.2 Å². The van der Waals surface area contributed by atoms with Crippen LogP contribution in [0.5, 0.6) is 5.75 Å². The van der Waals surface area contributed by atoms with Crippen LogP contribution in [0.3, 0.4) is 0 Å². The third-order valence-corrected chi connectivity index (χ3v) is 5.45. The number of amides is 1. The second kappa shape index (κ2) is 7.52. The lowest BCUT2D eigenvalue weighted by atomic mass is 9.90. The zero-order chi connectivity index (χ0) is 17.9. The predicted molar refractivity (Wildman–Crippen MR) is 104 cm³/mol. The Hall–Kier alpha value is -1.94. The van der Waals surface area contributed by atoms with Gasteiger partial charge >= 0.3 is 0 Å². The molecule has 2 aromatic rings. The predicted octanol–water partition coefficient (Wildman–Crippen LogP) is 4.65. The van der Waals surface area contributed by atoms with Crippen molar-refractivity contribution < 1.29 is 9.53 Å². The quantitative estimate of drug-likeness (QED) is 0.849. The monoisotopic (exact) mass is 355 g/mol. The van der Waals surface area contributed by atoms with E-state index >= 15 is 0 Å². The molecule has 2 aromatic carbocycles. The topological polar surface area (TPSA) is 38.3 Å². The summed E-state index contributed by atoms with van der Waals surface area (Å²) in [5.41, 5.74) is 3.35. The summed E-state index contributed by atoms with van der Waals surface area (Å²) in [5.74, 6) is 2.28. The summed E-state index contributed by atoms with van der Waals surface area (Å²) in [6.45, 7) is 6.24. The fraction of sp³-hybridized carbons (Fsp3) is 0.381. The Morgan fingerprint density at radius 1 is 1.20 bits per heavy atom.